The van der Waals surface area contributed by atoms with E-state index in [1.807, 2.05) is 4.57 Å². The van der Waals surface area contributed by atoms with Gasteiger partial charge in [0, 0.05) is 6.54 Å². The van der Waals surface area contributed by atoms with Crippen LogP contribution in [0.4, 0.5) is 0 Å². The molecular weight excluding hydrogens is 130 g/mol. The van der Waals surface area contributed by atoms with Crippen LogP contribution in [0, 0.1) is 0 Å². The summed E-state index contributed by atoms with van der Waals surface area (Å²) in [6.45, 7) is 0.944. The molecule has 1 aliphatic heterocycles. The van der Waals surface area contributed by atoms with Crippen LogP contribution in [0.25, 0.3) is 0 Å². The minimum Gasteiger partial charge on any atom is -0.385 e. The Morgan fingerprint density at radius 3 is 3.40 bits per heavy atom. The Hall–Kier alpha value is -0.900. The lowest BCUT2D eigenvalue weighted by atomic mass is 10.1. The van der Waals surface area contributed by atoms with E-state index >= 15 is 0 Å². The van der Waals surface area contributed by atoms with E-state index in [0.717, 1.165) is 19.4 Å². The molecule has 1 aliphatic rings. The van der Waals surface area contributed by atoms with Crippen molar-refractivity contribution < 1.29 is 5.11 Å². The van der Waals surface area contributed by atoms with Crippen molar-refractivity contribution >= 4 is 0 Å². The molecule has 0 fully saturated rings. The van der Waals surface area contributed by atoms with Crippen LogP contribution in [-0.2, 0) is 6.54 Å². The molecule has 10 heavy (non-hydrogen) atoms. The van der Waals surface area contributed by atoms with Crippen LogP contribution in [0.2, 0.25) is 0 Å². The lowest BCUT2D eigenvalue weighted by molar-refractivity contribution is 0.133. The van der Waals surface area contributed by atoms with E-state index in [2.05, 4.69) is 10.2 Å². The van der Waals surface area contributed by atoms with E-state index in [4.69, 9.17) is 0 Å². The molecule has 0 aliphatic carbocycles. The number of hydrogen-bond donors (Lipinski definition) is 1. The normalized spacial score (nSPS) is 24.3. The Kier molecular flexibility index (Phi) is 1.20. The van der Waals surface area contributed by atoms with Gasteiger partial charge < -0.3 is 9.67 Å². The summed E-state index contributed by atoms with van der Waals surface area (Å²) < 4.78 is 1.90. The van der Waals surface area contributed by atoms with Crippen LogP contribution in [0.5, 0.6) is 0 Å². The zero-order valence-corrected chi connectivity index (χ0v) is 5.56. The van der Waals surface area contributed by atoms with Gasteiger partial charge in [0.05, 0.1) is 0 Å². The van der Waals surface area contributed by atoms with E-state index in [1.165, 1.54) is 0 Å². The second-order valence-electron chi connectivity index (χ2n) is 2.54. The first-order chi connectivity index (χ1) is 4.88. The topological polar surface area (TPSA) is 50.9 Å². The maximum atomic E-state index is 9.33. The number of aliphatic hydroxyl groups excluding tert-OH is 1. The highest BCUT2D eigenvalue weighted by atomic mass is 16.3. The molecule has 0 spiro atoms. The number of rotatable bonds is 0. The molecule has 0 bridgehead atoms. The highest BCUT2D eigenvalue weighted by Gasteiger charge is 2.18. The fourth-order valence-electron chi connectivity index (χ4n) is 1.28. The summed E-state index contributed by atoms with van der Waals surface area (Å²) in [5.41, 5.74) is 0. The first kappa shape index (κ1) is 5.85. The molecule has 2 heterocycles. The van der Waals surface area contributed by atoms with Crippen LogP contribution in [0.15, 0.2) is 6.33 Å². The largest absolute Gasteiger partial charge is 0.385 e. The minimum atomic E-state index is -0.392. The SMILES string of the molecule is OC1CCCn2cnnc21. The summed E-state index contributed by atoms with van der Waals surface area (Å²) in [6.07, 6.45) is 3.11. The van der Waals surface area contributed by atoms with Crippen LogP contribution in [0.3, 0.4) is 0 Å². The van der Waals surface area contributed by atoms with Gasteiger partial charge in [0.2, 0.25) is 0 Å². The summed E-state index contributed by atoms with van der Waals surface area (Å²) in [7, 11) is 0. The van der Waals surface area contributed by atoms with Crippen molar-refractivity contribution in [1.29, 1.82) is 0 Å². The zero-order valence-electron chi connectivity index (χ0n) is 5.56. The molecular formula is C6H9N3O. The van der Waals surface area contributed by atoms with E-state index in [9.17, 15) is 5.11 Å². The lowest BCUT2D eigenvalue weighted by Crippen LogP contribution is -2.14. The summed E-state index contributed by atoms with van der Waals surface area (Å²) in [6, 6.07) is 0. The predicted octanol–water partition coefficient (Wildman–Crippen LogP) is 0.105. The molecule has 2 rings (SSSR count). The molecule has 1 aromatic heterocycles. The Morgan fingerprint density at radius 1 is 1.70 bits per heavy atom. The van der Waals surface area contributed by atoms with Crippen molar-refractivity contribution in [3.63, 3.8) is 0 Å². The maximum absolute atomic E-state index is 9.33. The Labute approximate surface area is 58.5 Å². The van der Waals surface area contributed by atoms with Gasteiger partial charge in [0.15, 0.2) is 5.82 Å². The number of nitrogens with zero attached hydrogens (tertiary/aromatic N) is 3. The van der Waals surface area contributed by atoms with Gasteiger partial charge >= 0.3 is 0 Å². The van der Waals surface area contributed by atoms with Crippen molar-refractivity contribution in [2.24, 2.45) is 0 Å². The van der Waals surface area contributed by atoms with Crippen molar-refractivity contribution in [1.82, 2.24) is 14.8 Å². The zero-order chi connectivity index (χ0) is 6.97. The van der Waals surface area contributed by atoms with Gasteiger partial charge in [-0.1, -0.05) is 0 Å². The molecule has 4 nitrogen and oxygen atoms in total. The maximum Gasteiger partial charge on any atom is 0.161 e. The number of aryl methyl sites for hydroxylation is 1. The number of aliphatic hydroxyl groups is 1. The average Bonchev–Trinajstić information content (AvgIpc) is 2.36. The molecule has 0 amide bonds. The fraction of sp³-hybridized carbons (Fsp3) is 0.667. The van der Waals surface area contributed by atoms with Gasteiger partial charge in [0.25, 0.3) is 0 Å². The third kappa shape index (κ3) is 0.724. The first-order valence-electron chi connectivity index (χ1n) is 3.43. The lowest BCUT2D eigenvalue weighted by Gasteiger charge is -2.16. The minimum absolute atomic E-state index is 0.392. The molecule has 54 valence electrons. The van der Waals surface area contributed by atoms with Crippen molar-refractivity contribution in [2.75, 3.05) is 0 Å². The van der Waals surface area contributed by atoms with Gasteiger partial charge in [-0.2, -0.15) is 0 Å². The average molecular weight is 139 g/mol. The number of fused-ring (bicyclic) bond motifs is 1. The molecule has 1 aromatic rings. The van der Waals surface area contributed by atoms with Gasteiger partial charge in [-0.3, -0.25) is 0 Å². The highest BCUT2D eigenvalue weighted by Crippen LogP contribution is 2.21. The van der Waals surface area contributed by atoms with Crippen molar-refractivity contribution in [3.8, 4) is 0 Å². The second kappa shape index (κ2) is 2.05. The summed E-state index contributed by atoms with van der Waals surface area (Å²) in [5.74, 6) is 0.714. The standard InChI is InChI=1S/C6H9N3O/c10-5-2-1-3-9-4-7-8-6(5)9/h4-5,10H,1-3H2. The monoisotopic (exact) mass is 139 g/mol. The third-order valence-electron chi connectivity index (χ3n) is 1.82. The highest BCUT2D eigenvalue weighted by molar-refractivity contribution is 4.93. The van der Waals surface area contributed by atoms with Gasteiger partial charge in [-0.25, -0.2) is 0 Å². The van der Waals surface area contributed by atoms with Gasteiger partial charge in [-0.15, -0.1) is 10.2 Å². The van der Waals surface area contributed by atoms with E-state index in [0.29, 0.717) is 5.82 Å². The molecule has 0 aromatic carbocycles. The van der Waals surface area contributed by atoms with Crippen molar-refractivity contribution in [2.45, 2.75) is 25.5 Å². The molecule has 0 radical (unpaired) electrons. The quantitative estimate of drug-likeness (QED) is 0.554. The van der Waals surface area contributed by atoms with Gasteiger partial charge in [0.1, 0.15) is 12.4 Å². The fourth-order valence-corrected chi connectivity index (χ4v) is 1.28. The molecule has 1 unspecified atom stereocenters. The Balaban J connectivity index is 2.41. The third-order valence-corrected chi connectivity index (χ3v) is 1.82. The Morgan fingerprint density at radius 2 is 2.60 bits per heavy atom. The predicted molar refractivity (Wildman–Crippen MR) is 34.2 cm³/mol. The second-order valence-corrected chi connectivity index (χ2v) is 2.54. The summed E-state index contributed by atoms with van der Waals surface area (Å²) >= 11 is 0. The van der Waals surface area contributed by atoms with E-state index in [1.54, 1.807) is 6.33 Å². The van der Waals surface area contributed by atoms with E-state index in [-0.39, 0.29) is 0 Å². The molecule has 0 saturated heterocycles. The number of hydrogen-bond acceptors (Lipinski definition) is 3. The first-order valence-corrected chi connectivity index (χ1v) is 3.43. The molecule has 1 N–H and O–H groups in total. The number of aromatic nitrogens is 3. The molecule has 0 saturated carbocycles. The Bertz CT molecular complexity index is 233. The molecule has 4 heteroatoms. The smallest absolute Gasteiger partial charge is 0.161 e. The van der Waals surface area contributed by atoms with E-state index < -0.39 is 6.10 Å². The van der Waals surface area contributed by atoms with Crippen LogP contribution in [-0.4, -0.2) is 19.9 Å². The summed E-state index contributed by atoms with van der Waals surface area (Å²) in [4.78, 5) is 0. The van der Waals surface area contributed by atoms with Crippen LogP contribution < -0.4 is 0 Å². The summed E-state index contributed by atoms with van der Waals surface area (Å²) in [5, 5.41) is 16.8. The van der Waals surface area contributed by atoms with Crippen LogP contribution in [0.1, 0.15) is 24.8 Å². The van der Waals surface area contributed by atoms with Gasteiger partial charge in [-0.05, 0) is 12.8 Å². The molecule has 1 atom stereocenters. The van der Waals surface area contributed by atoms with Crippen molar-refractivity contribution in [3.05, 3.63) is 12.2 Å². The van der Waals surface area contributed by atoms with Crippen LogP contribution >= 0.6 is 0 Å².